The summed E-state index contributed by atoms with van der Waals surface area (Å²) in [6, 6.07) is 2.14. The average Bonchev–Trinajstić information content (AvgIpc) is 2.99. The van der Waals surface area contributed by atoms with Crippen molar-refractivity contribution in [3.05, 3.63) is 36.5 Å². The Morgan fingerprint density at radius 1 is 1.45 bits per heavy atom. The Balaban J connectivity index is 2.27. The van der Waals surface area contributed by atoms with Gasteiger partial charge in [0.2, 0.25) is 0 Å². The molecule has 8 nitrogen and oxygen atoms in total. The second kappa shape index (κ2) is 5.47. The maximum absolute atomic E-state index is 12.2. The average molecular weight is 275 g/mol. The lowest BCUT2D eigenvalue weighted by Crippen LogP contribution is -2.40. The smallest absolute Gasteiger partial charge is 0.326 e. The van der Waals surface area contributed by atoms with E-state index in [1.807, 2.05) is 0 Å². The first-order valence-electron chi connectivity index (χ1n) is 5.81. The number of carbonyl (C=O) groups excluding carboxylic acids is 1. The first kappa shape index (κ1) is 13.7. The highest BCUT2D eigenvalue weighted by Crippen LogP contribution is 2.10. The number of amides is 1. The topological polar surface area (TPSA) is 101 Å². The molecule has 2 aromatic rings. The molecule has 104 valence electrons. The minimum Gasteiger partial charge on any atom is -0.480 e. The van der Waals surface area contributed by atoms with Gasteiger partial charge in [-0.25, -0.2) is 19.4 Å². The molecule has 0 fully saturated rings. The number of hydrogen-bond acceptors (Lipinski definition) is 5. The quantitative estimate of drug-likeness (QED) is 0.855. The van der Waals surface area contributed by atoms with Crippen LogP contribution in [0.3, 0.4) is 0 Å². The van der Waals surface area contributed by atoms with E-state index in [0.717, 1.165) is 4.90 Å². The van der Waals surface area contributed by atoms with Crippen LogP contribution < -0.4 is 0 Å². The summed E-state index contributed by atoms with van der Waals surface area (Å²) in [6.07, 6.45) is 4.28. The van der Waals surface area contributed by atoms with Gasteiger partial charge in [-0.15, -0.1) is 0 Å². The van der Waals surface area contributed by atoms with Gasteiger partial charge in [0.25, 0.3) is 5.91 Å². The van der Waals surface area contributed by atoms with Crippen molar-refractivity contribution in [1.82, 2.24) is 24.6 Å². The van der Waals surface area contributed by atoms with Crippen LogP contribution in [-0.2, 0) is 4.79 Å². The van der Waals surface area contributed by atoms with Crippen molar-refractivity contribution in [3.63, 3.8) is 0 Å². The number of hydrogen-bond donors (Lipinski definition) is 1. The maximum atomic E-state index is 12.2. The van der Waals surface area contributed by atoms with Crippen molar-refractivity contribution in [3.8, 4) is 5.82 Å². The maximum Gasteiger partial charge on any atom is 0.326 e. The van der Waals surface area contributed by atoms with Crippen LogP contribution in [-0.4, -0.2) is 54.7 Å². The SMILES string of the molecule is CC(C(=O)O)N(C)C(=O)c1ccnc(-n2cncn2)c1. The third kappa shape index (κ3) is 2.63. The zero-order valence-corrected chi connectivity index (χ0v) is 11.0. The number of aromatic nitrogens is 4. The fourth-order valence-electron chi connectivity index (χ4n) is 1.55. The molecule has 8 heteroatoms. The normalized spacial score (nSPS) is 11.9. The van der Waals surface area contributed by atoms with Crippen molar-refractivity contribution in [1.29, 1.82) is 0 Å². The van der Waals surface area contributed by atoms with Crippen LogP contribution in [0.25, 0.3) is 5.82 Å². The minimum absolute atomic E-state index is 0.334. The number of carbonyl (C=O) groups is 2. The summed E-state index contributed by atoms with van der Waals surface area (Å²) in [6.45, 7) is 1.44. The van der Waals surface area contributed by atoms with Crippen molar-refractivity contribution < 1.29 is 14.7 Å². The molecule has 0 bridgehead atoms. The molecule has 20 heavy (non-hydrogen) atoms. The molecule has 0 saturated carbocycles. The van der Waals surface area contributed by atoms with E-state index in [2.05, 4.69) is 15.1 Å². The summed E-state index contributed by atoms with van der Waals surface area (Å²) in [5.74, 6) is -1.03. The van der Waals surface area contributed by atoms with Gasteiger partial charge in [-0.05, 0) is 19.1 Å². The molecule has 0 aliphatic rings. The molecule has 0 aromatic carbocycles. The van der Waals surface area contributed by atoms with Crippen LogP contribution in [0.5, 0.6) is 0 Å². The van der Waals surface area contributed by atoms with Crippen molar-refractivity contribution >= 4 is 11.9 Å². The van der Waals surface area contributed by atoms with Crippen LogP contribution in [0.15, 0.2) is 31.0 Å². The lowest BCUT2D eigenvalue weighted by atomic mass is 10.2. The molecular weight excluding hydrogens is 262 g/mol. The molecular formula is C12H13N5O3. The summed E-state index contributed by atoms with van der Waals surface area (Å²) in [7, 11) is 1.44. The molecule has 0 aliphatic carbocycles. The number of carboxylic acid groups (broad SMARTS) is 1. The minimum atomic E-state index is -1.06. The number of aliphatic carboxylic acids is 1. The van der Waals surface area contributed by atoms with Gasteiger partial charge in [-0.3, -0.25) is 4.79 Å². The first-order valence-corrected chi connectivity index (χ1v) is 5.81. The van der Waals surface area contributed by atoms with E-state index >= 15 is 0 Å². The molecule has 0 spiro atoms. The largest absolute Gasteiger partial charge is 0.480 e. The standard InChI is InChI=1S/C12H13N5O3/c1-8(12(19)20)16(2)11(18)9-3-4-14-10(5-9)17-7-13-6-15-17/h3-8H,1-2H3,(H,19,20). The van der Waals surface area contributed by atoms with E-state index in [4.69, 9.17) is 5.11 Å². The fourth-order valence-corrected chi connectivity index (χ4v) is 1.55. The summed E-state index contributed by atoms with van der Waals surface area (Å²) < 4.78 is 1.41. The van der Waals surface area contributed by atoms with Gasteiger partial charge >= 0.3 is 5.97 Å². The van der Waals surface area contributed by atoms with Crippen LogP contribution in [0, 0.1) is 0 Å². The molecule has 2 rings (SSSR count). The Morgan fingerprint density at radius 3 is 2.80 bits per heavy atom. The number of rotatable bonds is 4. The van der Waals surface area contributed by atoms with Crippen LogP contribution in [0.2, 0.25) is 0 Å². The number of nitrogens with zero attached hydrogens (tertiary/aromatic N) is 5. The van der Waals surface area contributed by atoms with Crippen LogP contribution in [0.4, 0.5) is 0 Å². The third-order valence-electron chi connectivity index (χ3n) is 2.90. The molecule has 1 unspecified atom stereocenters. The number of pyridine rings is 1. The van der Waals surface area contributed by atoms with Crippen LogP contribution >= 0.6 is 0 Å². The highest BCUT2D eigenvalue weighted by Gasteiger charge is 2.23. The van der Waals surface area contributed by atoms with Crippen molar-refractivity contribution in [2.45, 2.75) is 13.0 Å². The predicted octanol–water partition coefficient (Wildman–Crippen LogP) is 0.207. The molecule has 1 N–H and O–H groups in total. The van der Waals surface area contributed by atoms with Gasteiger partial charge in [0.15, 0.2) is 5.82 Å². The van der Waals surface area contributed by atoms with E-state index in [-0.39, 0.29) is 0 Å². The molecule has 0 radical (unpaired) electrons. The van der Waals surface area contributed by atoms with Crippen LogP contribution in [0.1, 0.15) is 17.3 Å². The van der Waals surface area contributed by atoms with Gasteiger partial charge < -0.3 is 10.0 Å². The summed E-state index contributed by atoms with van der Waals surface area (Å²) >= 11 is 0. The Bertz CT molecular complexity index is 626. The Kier molecular flexibility index (Phi) is 3.74. The number of likely N-dealkylation sites (N-methyl/N-ethyl adjacent to an activating group) is 1. The Labute approximate surface area is 114 Å². The Morgan fingerprint density at radius 2 is 2.20 bits per heavy atom. The Hall–Kier alpha value is -2.77. The van der Waals surface area contributed by atoms with Crippen molar-refractivity contribution in [2.24, 2.45) is 0 Å². The fraction of sp³-hybridized carbons (Fsp3) is 0.250. The van der Waals surface area contributed by atoms with E-state index in [0.29, 0.717) is 11.4 Å². The lowest BCUT2D eigenvalue weighted by molar-refractivity contribution is -0.141. The van der Waals surface area contributed by atoms with E-state index < -0.39 is 17.9 Å². The van der Waals surface area contributed by atoms with Gasteiger partial charge in [0, 0.05) is 18.8 Å². The molecule has 1 amide bonds. The van der Waals surface area contributed by atoms with E-state index in [1.165, 1.54) is 49.6 Å². The first-order chi connectivity index (χ1) is 9.50. The highest BCUT2D eigenvalue weighted by molar-refractivity contribution is 5.96. The summed E-state index contributed by atoms with van der Waals surface area (Å²) in [5.41, 5.74) is 0.334. The monoisotopic (exact) mass is 275 g/mol. The van der Waals surface area contributed by atoms with Gasteiger partial charge in [-0.2, -0.15) is 5.10 Å². The molecule has 0 aliphatic heterocycles. The molecule has 0 saturated heterocycles. The van der Waals surface area contributed by atoms with E-state index in [1.54, 1.807) is 0 Å². The third-order valence-corrected chi connectivity index (χ3v) is 2.90. The van der Waals surface area contributed by atoms with E-state index in [9.17, 15) is 9.59 Å². The van der Waals surface area contributed by atoms with Gasteiger partial charge in [-0.1, -0.05) is 0 Å². The summed E-state index contributed by atoms with van der Waals surface area (Å²) in [5, 5.41) is 12.8. The zero-order valence-electron chi connectivity index (χ0n) is 11.0. The second-order valence-electron chi connectivity index (χ2n) is 4.17. The number of carboxylic acids is 1. The molecule has 2 heterocycles. The highest BCUT2D eigenvalue weighted by atomic mass is 16.4. The van der Waals surface area contributed by atoms with Crippen molar-refractivity contribution in [2.75, 3.05) is 7.05 Å². The summed E-state index contributed by atoms with van der Waals surface area (Å²) in [4.78, 5) is 32.1. The predicted molar refractivity (Wildman–Crippen MR) is 68.3 cm³/mol. The second-order valence-corrected chi connectivity index (χ2v) is 4.17. The molecule has 2 aromatic heterocycles. The lowest BCUT2D eigenvalue weighted by Gasteiger charge is -2.21. The molecule has 1 atom stereocenters. The van der Waals surface area contributed by atoms with Gasteiger partial charge in [0.1, 0.15) is 18.7 Å². The van der Waals surface area contributed by atoms with Gasteiger partial charge in [0.05, 0.1) is 0 Å². The zero-order chi connectivity index (χ0) is 14.7.